The number of hydroxylamine groups is 2. The SMILES string of the molecule is COC(=O)C1CC2CCC1C2.CS(=O)(=O)ON1C(=O)C=CC1=O. The Kier molecular flexibility index (Phi) is 5.20. The number of esters is 1. The second-order valence-electron chi connectivity index (χ2n) is 5.89. The fourth-order valence-corrected chi connectivity index (χ4v) is 3.70. The van der Waals surface area contributed by atoms with Crippen molar-refractivity contribution >= 4 is 27.9 Å². The molecule has 0 radical (unpaired) electrons. The number of nitrogens with zero attached hydrogens (tertiary/aromatic N) is 1. The minimum Gasteiger partial charge on any atom is -0.469 e. The van der Waals surface area contributed by atoms with Gasteiger partial charge in [-0.05, 0) is 31.1 Å². The normalized spacial score (nSPS) is 28.8. The van der Waals surface area contributed by atoms with Crippen LogP contribution in [0.25, 0.3) is 0 Å². The third-order valence-electron chi connectivity index (χ3n) is 4.22. The van der Waals surface area contributed by atoms with Crippen molar-refractivity contribution in [1.82, 2.24) is 5.06 Å². The number of rotatable bonds is 3. The number of ether oxygens (including phenoxy) is 1. The van der Waals surface area contributed by atoms with Gasteiger partial charge in [-0.2, -0.15) is 8.42 Å². The topological polar surface area (TPSA) is 107 Å². The van der Waals surface area contributed by atoms with Gasteiger partial charge in [-0.1, -0.05) is 6.42 Å². The van der Waals surface area contributed by atoms with Crippen LogP contribution in [0.3, 0.4) is 0 Å². The number of amides is 2. The monoisotopic (exact) mass is 345 g/mol. The van der Waals surface area contributed by atoms with Gasteiger partial charge >= 0.3 is 5.97 Å². The van der Waals surface area contributed by atoms with Crippen molar-refractivity contribution in [2.45, 2.75) is 25.7 Å². The van der Waals surface area contributed by atoms with Crippen LogP contribution >= 0.6 is 0 Å². The smallest absolute Gasteiger partial charge is 0.308 e. The largest absolute Gasteiger partial charge is 0.469 e. The zero-order chi connectivity index (χ0) is 17.2. The van der Waals surface area contributed by atoms with Crippen molar-refractivity contribution in [1.29, 1.82) is 0 Å². The molecular formula is C14H19NO7S. The fraction of sp³-hybridized carbons (Fsp3) is 0.643. The summed E-state index contributed by atoms with van der Waals surface area (Å²) >= 11 is 0. The van der Waals surface area contributed by atoms with Crippen molar-refractivity contribution in [2.75, 3.05) is 13.4 Å². The van der Waals surface area contributed by atoms with Crippen LogP contribution in [0, 0.1) is 17.8 Å². The molecule has 8 nitrogen and oxygen atoms in total. The predicted molar refractivity (Wildman–Crippen MR) is 77.9 cm³/mol. The maximum Gasteiger partial charge on any atom is 0.308 e. The number of methoxy groups -OCH3 is 1. The third-order valence-corrected chi connectivity index (χ3v) is 4.64. The lowest BCUT2D eigenvalue weighted by molar-refractivity contribution is -0.161. The summed E-state index contributed by atoms with van der Waals surface area (Å²) in [7, 11) is -2.33. The molecule has 2 saturated carbocycles. The number of hydrogen-bond donors (Lipinski definition) is 0. The van der Waals surface area contributed by atoms with Crippen LogP contribution < -0.4 is 0 Å². The second-order valence-corrected chi connectivity index (χ2v) is 7.44. The Bertz CT molecular complexity index is 622. The van der Waals surface area contributed by atoms with Crippen LogP contribution in [0.2, 0.25) is 0 Å². The first kappa shape index (κ1) is 17.6. The molecule has 2 amide bonds. The van der Waals surface area contributed by atoms with Gasteiger partial charge in [0, 0.05) is 12.2 Å². The number of carbonyl (C=O) groups excluding carboxylic acids is 3. The average molecular weight is 345 g/mol. The molecule has 3 atom stereocenters. The van der Waals surface area contributed by atoms with Crippen LogP contribution in [-0.4, -0.2) is 44.6 Å². The summed E-state index contributed by atoms with van der Waals surface area (Å²) in [6.07, 6.45) is 7.56. The lowest BCUT2D eigenvalue weighted by atomic mass is 9.89. The van der Waals surface area contributed by atoms with Gasteiger partial charge in [0.05, 0.1) is 19.3 Å². The summed E-state index contributed by atoms with van der Waals surface area (Å²) in [5.41, 5.74) is 0. The molecule has 128 valence electrons. The van der Waals surface area contributed by atoms with Gasteiger partial charge in [0.2, 0.25) is 0 Å². The van der Waals surface area contributed by atoms with E-state index in [-0.39, 0.29) is 17.0 Å². The summed E-state index contributed by atoms with van der Waals surface area (Å²) < 4.78 is 29.8. The van der Waals surface area contributed by atoms with Gasteiger partial charge in [-0.15, -0.1) is 9.35 Å². The molecule has 2 aliphatic carbocycles. The lowest BCUT2D eigenvalue weighted by Gasteiger charge is -2.18. The van der Waals surface area contributed by atoms with E-state index in [0.29, 0.717) is 5.92 Å². The van der Waals surface area contributed by atoms with Gasteiger partial charge in [0.25, 0.3) is 21.9 Å². The van der Waals surface area contributed by atoms with Gasteiger partial charge in [0.1, 0.15) is 0 Å². The Morgan fingerprint density at radius 1 is 1.17 bits per heavy atom. The molecule has 0 saturated heterocycles. The quantitative estimate of drug-likeness (QED) is 0.538. The highest BCUT2D eigenvalue weighted by Crippen LogP contribution is 2.48. The number of carbonyl (C=O) groups is 3. The van der Waals surface area contributed by atoms with Crippen molar-refractivity contribution < 1.29 is 31.8 Å². The van der Waals surface area contributed by atoms with Crippen molar-refractivity contribution in [3.8, 4) is 0 Å². The molecule has 2 bridgehead atoms. The van der Waals surface area contributed by atoms with E-state index in [2.05, 4.69) is 4.28 Å². The molecule has 2 fully saturated rings. The van der Waals surface area contributed by atoms with Gasteiger partial charge in [-0.3, -0.25) is 14.4 Å². The fourth-order valence-electron chi connectivity index (χ4n) is 3.28. The van der Waals surface area contributed by atoms with E-state index in [4.69, 9.17) is 4.74 Å². The second kappa shape index (κ2) is 6.79. The van der Waals surface area contributed by atoms with E-state index < -0.39 is 21.9 Å². The van der Waals surface area contributed by atoms with Gasteiger partial charge in [0.15, 0.2) is 0 Å². The minimum atomic E-state index is -3.83. The molecule has 0 N–H and O–H groups in total. The number of imide groups is 1. The summed E-state index contributed by atoms with van der Waals surface area (Å²) in [5.74, 6) is 0.170. The Morgan fingerprint density at radius 2 is 1.78 bits per heavy atom. The van der Waals surface area contributed by atoms with E-state index >= 15 is 0 Å². The molecular weight excluding hydrogens is 326 g/mol. The first-order chi connectivity index (χ1) is 10.7. The van der Waals surface area contributed by atoms with E-state index in [1.807, 2.05) is 0 Å². The Balaban J connectivity index is 0.000000167. The van der Waals surface area contributed by atoms with E-state index in [0.717, 1.165) is 30.7 Å². The summed E-state index contributed by atoms with van der Waals surface area (Å²) in [4.78, 5) is 32.6. The standard InChI is InChI=1S/C9H14O2.C5H5NO5S/c1-11-9(10)8-5-6-2-3-7(8)4-6;1-12(9,10)11-6-4(7)2-3-5(6)8/h6-8H,2-5H2,1H3;2-3H,1H3. The zero-order valence-electron chi connectivity index (χ0n) is 12.9. The summed E-state index contributed by atoms with van der Waals surface area (Å²) in [5, 5.41) is 0.176. The predicted octanol–water partition coefficient (Wildman–Crippen LogP) is 0.398. The molecule has 0 aromatic rings. The summed E-state index contributed by atoms with van der Waals surface area (Å²) in [6, 6.07) is 0. The molecule has 1 aliphatic heterocycles. The van der Waals surface area contributed by atoms with Gasteiger partial charge in [-0.25, -0.2) is 0 Å². The third kappa shape index (κ3) is 4.38. The van der Waals surface area contributed by atoms with Crippen LogP contribution in [0.5, 0.6) is 0 Å². The first-order valence-electron chi connectivity index (χ1n) is 7.24. The van der Waals surface area contributed by atoms with E-state index in [1.54, 1.807) is 0 Å². The highest BCUT2D eigenvalue weighted by Gasteiger charge is 2.43. The zero-order valence-corrected chi connectivity index (χ0v) is 13.7. The molecule has 3 unspecified atom stereocenters. The van der Waals surface area contributed by atoms with E-state index in [1.165, 1.54) is 26.4 Å². The molecule has 3 aliphatic rings. The molecule has 3 rings (SSSR count). The van der Waals surface area contributed by atoms with Crippen LogP contribution in [0.1, 0.15) is 25.7 Å². The van der Waals surface area contributed by atoms with E-state index in [9.17, 15) is 22.8 Å². The van der Waals surface area contributed by atoms with Crippen molar-refractivity contribution in [2.24, 2.45) is 17.8 Å². The van der Waals surface area contributed by atoms with Crippen LogP contribution in [0.15, 0.2) is 12.2 Å². The highest BCUT2D eigenvalue weighted by molar-refractivity contribution is 7.85. The maximum atomic E-state index is 11.2. The Hall–Kier alpha value is -1.74. The Morgan fingerprint density at radius 3 is 2.17 bits per heavy atom. The Labute approximate surface area is 134 Å². The molecule has 0 spiro atoms. The molecule has 1 heterocycles. The molecule has 0 aromatic heterocycles. The molecule has 9 heteroatoms. The van der Waals surface area contributed by atoms with Crippen molar-refractivity contribution in [3.63, 3.8) is 0 Å². The summed E-state index contributed by atoms with van der Waals surface area (Å²) in [6.45, 7) is 0. The van der Waals surface area contributed by atoms with Crippen LogP contribution in [0.4, 0.5) is 0 Å². The maximum absolute atomic E-state index is 11.2. The highest BCUT2D eigenvalue weighted by atomic mass is 32.2. The number of fused-ring (bicyclic) bond motifs is 2. The number of hydrogen-bond acceptors (Lipinski definition) is 7. The lowest BCUT2D eigenvalue weighted by Crippen LogP contribution is -2.32. The van der Waals surface area contributed by atoms with Gasteiger partial charge < -0.3 is 4.74 Å². The minimum absolute atomic E-state index is 0.0252. The molecule has 0 aromatic carbocycles. The average Bonchev–Trinajstić information content (AvgIpc) is 3.18. The molecule has 23 heavy (non-hydrogen) atoms. The van der Waals surface area contributed by atoms with Crippen LogP contribution in [-0.2, 0) is 33.5 Å². The van der Waals surface area contributed by atoms with Crippen molar-refractivity contribution in [3.05, 3.63) is 12.2 Å². The first-order valence-corrected chi connectivity index (χ1v) is 9.06.